The first-order chi connectivity index (χ1) is 7.19. The highest BCUT2D eigenvalue weighted by atomic mass is 16.5. The van der Waals surface area contributed by atoms with Gasteiger partial charge in [0.1, 0.15) is 0 Å². The van der Waals surface area contributed by atoms with E-state index in [-0.39, 0.29) is 5.75 Å². The first-order valence-electron chi connectivity index (χ1n) is 5.25. The second-order valence-electron chi connectivity index (χ2n) is 4.39. The standard InChI is InChI=1S/C12H17NO2/c1-15-11-3-2-9(6-10(11)14)7-12(8-13)4-5-12/h2-3,6,14H,4-5,7-8,13H2,1H3. The summed E-state index contributed by atoms with van der Waals surface area (Å²) >= 11 is 0. The fraction of sp³-hybridized carbons (Fsp3) is 0.500. The Bertz CT molecular complexity index is 359. The maximum atomic E-state index is 9.63. The zero-order valence-electron chi connectivity index (χ0n) is 8.99. The molecule has 1 fully saturated rings. The summed E-state index contributed by atoms with van der Waals surface area (Å²) in [6.45, 7) is 0.736. The van der Waals surface area contributed by atoms with Gasteiger partial charge in [-0.15, -0.1) is 0 Å². The van der Waals surface area contributed by atoms with Crippen molar-refractivity contribution in [2.24, 2.45) is 11.1 Å². The van der Waals surface area contributed by atoms with Crippen molar-refractivity contribution in [3.05, 3.63) is 23.8 Å². The number of aromatic hydroxyl groups is 1. The van der Waals surface area contributed by atoms with E-state index in [0.717, 1.165) is 18.5 Å². The van der Waals surface area contributed by atoms with Crippen molar-refractivity contribution in [3.8, 4) is 11.5 Å². The normalized spacial score (nSPS) is 17.5. The fourth-order valence-electron chi connectivity index (χ4n) is 1.91. The third-order valence-corrected chi connectivity index (χ3v) is 3.21. The number of phenolic OH excluding ortho intramolecular Hbond substituents is 1. The van der Waals surface area contributed by atoms with E-state index in [1.165, 1.54) is 12.8 Å². The molecule has 0 unspecified atom stereocenters. The Hall–Kier alpha value is -1.22. The summed E-state index contributed by atoms with van der Waals surface area (Å²) < 4.78 is 5.00. The lowest BCUT2D eigenvalue weighted by Crippen LogP contribution is -2.17. The van der Waals surface area contributed by atoms with Crippen LogP contribution in [0.2, 0.25) is 0 Å². The van der Waals surface area contributed by atoms with Crippen molar-refractivity contribution in [2.75, 3.05) is 13.7 Å². The molecule has 0 aliphatic heterocycles. The number of ether oxygens (including phenoxy) is 1. The quantitative estimate of drug-likeness (QED) is 0.789. The molecule has 82 valence electrons. The molecule has 0 amide bonds. The molecule has 15 heavy (non-hydrogen) atoms. The van der Waals surface area contributed by atoms with Gasteiger partial charge in [0.05, 0.1) is 7.11 Å². The zero-order chi connectivity index (χ0) is 10.9. The number of nitrogens with two attached hydrogens (primary N) is 1. The Morgan fingerprint density at radius 2 is 2.20 bits per heavy atom. The van der Waals surface area contributed by atoms with Crippen molar-refractivity contribution >= 4 is 0 Å². The fourth-order valence-corrected chi connectivity index (χ4v) is 1.91. The molecule has 0 saturated heterocycles. The van der Waals surface area contributed by atoms with Gasteiger partial charge in [-0.05, 0) is 48.9 Å². The Morgan fingerprint density at radius 3 is 2.67 bits per heavy atom. The van der Waals surface area contributed by atoms with E-state index >= 15 is 0 Å². The summed E-state index contributed by atoms with van der Waals surface area (Å²) in [5.74, 6) is 0.735. The number of phenols is 1. The molecule has 1 saturated carbocycles. The monoisotopic (exact) mass is 207 g/mol. The lowest BCUT2D eigenvalue weighted by atomic mass is 9.96. The van der Waals surface area contributed by atoms with Gasteiger partial charge in [0.25, 0.3) is 0 Å². The third-order valence-electron chi connectivity index (χ3n) is 3.21. The highest BCUT2D eigenvalue weighted by molar-refractivity contribution is 5.42. The van der Waals surface area contributed by atoms with Gasteiger partial charge >= 0.3 is 0 Å². The maximum Gasteiger partial charge on any atom is 0.160 e. The first kappa shape index (κ1) is 10.3. The number of hydrogen-bond donors (Lipinski definition) is 2. The van der Waals surface area contributed by atoms with Crippen LogP contribution in [0.25, 0.3) is 0 Å². The second-order valence-corrected chi connectivity index (χ2v) is 4.39. The maximum absolute atomic E-state index is 9.63. The van der Waals surface area contributed by atoms with Gasteiger partial charge in [-0.1, -0.05) is 6.07 Å². The highest BCUT2D eigenvalue weighted by Crippen LogP contribution is 2.47. The van der Waals surface area contributed by atoms with E-state index in [1.807, 2.05) is 6.07 Å². The van der Waals surface area contributed by atoms with Crippen molar-refractivity contribution in [1.82, 2.24) is 0 Å². The number of rotatable bonds is 4. The molecule has 3 heteroatoms. The molecule has 0 atom stereocenters. The molecule has 3 nitrogen and oxygen atoms in total. The molecule has 0 heterocycles. The minimum atomic E-state index is 0.211. The van der Waals surface area contributed by atoms with Gasteiger partial charge in [-0.2, -0.15) is 0 Å². The summed E-state index contributed by atoms with van der Waals surface area (Å²) in [7, 11) is 1.55. The summed E-state index contributed by atoms with van der Waals surface area (Å²) in [5, 5.41) is 9.63. The van der Waals surface area contributed by atoms with Crippen molar-refractivity contribution in [1.29, 1.82) is 0 Å². The Balaban J connectivity index is 2.13. The van der Waals surface area contributed by atoms with Crippen LogP contribution in [0.1, 0.15) is 18.4 Å². The second kappa shape index (κ2) is 3.74. The Labute approximate surface area is 89.9 Å². The Morgan fingerprint density at radius 1 is 1.47 bits per heavy atom. The van der Waals surface area contributed by atoms with Crippen molar-refractivity contribution in [2.45, 2.75) is 19.3 Å². The zero-order valence-corrected chi connectivity index (χ0v) is 8.99. The van der Waals surface area contributed by atoms with Gasteiger partial charge in [0.2, 0.25) is 0 Å². The van der Waals surface area contributed by atoms with Gasteiger partial charge < -0.3 is 15.6 Å². The SMILES string of the molecule is COc1ccc(CC2(CN)CC2)cc1O. The van der Waals surface area contributed by atoms with Crippen LogP contribution in [-0.4, -0.2) is 18.8 Å². The van der Waals surface area contributed by atoms with Crippen LogP contribution < -0.4 is 10.5 Å². The average Bonchev–Trinajstić information content (AvgIpc) is 2.99. The minimum Gasteiger partial charge on any atom is -0.504 e. The highest BCUT2D eigenvalue weighted by Gasteiger charge is 2.40. The summed E-state index contributed by atoms with van der Waals surface area (Å²) in [6.07, 6.45) is 3.37. The molecule has 1 aromatic rings. The Kier molecular flexibility index (Phi) is 2.57. The van der Waals surface area contributed by atoms with E-state index in [4.69, 9.17) is 10.5 Å². The van der Waals surface area contributed by atoms with E-state index in [0.29, 0.717) is 11.2 Å². The van der Waals surface area contributed by atoms with Crippen LogP contribution in [-0.2, 0) is 6.42 Å². The summed E-state index contributed by atoms with van der Waals surface area (Å²) in [4.78, 5) is 0. The summed E-state index contributed by atoms with van der Waals surface area (Å²) in [6, 6.07) is 5.57. The molecular formula is C12H17NO2. The van der Waals surface area contributed by atoms with E-state index in [9.17, 15) is 5.11 Å². The van der Waals surface area contributed by atoms with Crippen LogP contribution in [0.3, 0.4) is 0 Å². The molecule has 3 N–H and O–H groups in total. The van der Waals surface area contributed by atoms with Gasteiger partial charge in [0, 0.05) is 0 Å². The van der Waals surface area contributed by atoms with Crippen LogP contribution in [0.5, 0.6) is 11.5 Å². The molecule has 1 aliphatic rings. The molecule has 0 bridgehead atoms. The van der Waals surface area contributed by atoms with Crippen LogP contribution >= 0.6 is 0 Å². The number of benzene rings is 1. The molecular weight excluding hydrogens is 190 g/mol. The number of methoxy groups -OCH3 is 1. The molecule has 0 aromatic heterocycles. The van der Waals surface area contributed by atoms with E-state index < -0.39 is 0 Å². The molecule has 1 aromatic carbocycles. The van der Waals surface area contributed by atoms with Crippen LogP contribution in [0.4, 0.5) is 0 Å². The van der Waals surface area contributed by atoms with Crippen molar-refractivity contribution in [3.63, 3.8) is 0 Å². The lowest BCUT2D eigenvalue weighted by molar-refractivity contribution is 0.372. The topological polar surface area (TPSA) is 55.5 Å². The largest absolute Gasteiger partial charge is 0.504 e. The van der Waals surface area contributed by atoms with E-state index in [2.05, 4.69) is 0 Å². The lowest BCUT2D eigenvalue weighted by Gasteiger charge is -2.13. The minimum absolute atomic E-state index is 0.211. The first-order valence-corrected chi connectivity index (χ1v) is 5.25. The predicted molar refractivity (Wildman–Crippen MR) is 59.1 cm³/mol. The van der Waals surface area contributed by atoms with Crippen LogP contribution in [0.15, 0.2) is 18.2 Å². The van der Waals surface area contributed by atoms with E-state index in [1.54, 1.807) is 19.2 Å². The van der Waals surface area contributed by atoms with Crippen LogP contribution in [0, 0.1) is 5.41 Å². The van der Waals surface area contributed by atoms with Gasteiger partial charge in [-0.3, -0.25) is 0 Å². The number of hydrogen-bond acceptors (Lipinski definition) is 3. The smallest absolute Gasteiger partial charge is 0.160 e. The summed E-state index contributed by atoms with van der Waals surface area (Å²) in [5.41, 5.74) is 7.17. The molecule has 1 aliphatic carbocycles. The average molecular weight is 207 g/mol. The molecule has 0 spiro atoms. The molecule has 2 rings (SSSR count). The van der Waals surface area contributed by atoms with Gasteiger partial charge in [-0.25, -0.2) is 0 Å². The third kappa shape index (κ3) is 2.07. The molecule has 0 radical (unpaired) electrons. The predicted octanol–water partition coefficient (Wildman–Crippen LogP) is 1.68. The van der Waals surface area contributed by atoms with Gasteiger partial charge in [0.15, 0.2) is 11.5 Å². The van der Waals surface area contributed by atoms with Crippen molar-refractivity contribution < 1.29 is 9.84 Å².